The largest absolute Gasteiger partial charge is 0.459 e. The van der Waals surface area contributed by atoms with Gasteiger partial charge in [0, 0.05) is 46.4 Å². The summed E-state index contributed by atoms with van der Waals surface area (Å²) in [4.78, 5) is 39.7. The Bertz CT molecular complexity index is 1780. The Labute approximate surface area is 236 Å². The van der Waals surface area contributed by atoms with Gasteiger partial charge in [0.2, 0.25) is 0 Å². The fourth-order valence-corrected chi connectivity index (χ4v) is 6.81. The van der Waals surface area contributed by atoms with E-state index in [9.17, 15) is 9.59 Å². The lowest BCUT2D eigenvalue weighted by Gasteiger charge is -2.28. The number of hydrogen-bond acceptors (Lipinski definition) is 7. The molecule has 1 aromatic carbocycles. The second-order valence-electron chi connectivity index (χ2n) is 11.5. The number of pyridine rings is 1. The number of rotatable bonds is 7. The van der Waals surface area contributed by atoms with Crippen LogP contribution in [0.15, 0.2) is 77.8 Å². The first kappa shape index (κ1) is 25.2. The number of anilines is 1. The number of Topliss-reactive ketones (excluding diaryl/α,β-unsaturated/α-hetero) is 1. The van der Waals surface area contributed by atoms with Crippen LogP contribution in [-0.4, -0.2) is 36.6 Å². The van der Waals surface area contributed by atoms with Gasteiger partial charge in [-0.25, -0.2) is 9.97 Å². The zero-order valence-corrected chi connectivity index (χ0v) is 22.8. The Kier molecular flexibility index (Phi) is 5.78. The molecule has 0 spiro atoms. The molecule has 4 heterocycles. The highest BCUT2D eigenvalue weighted by molar-refractivity contribution is 5.98. The van der Waals surface area contributed by atoms with Crippen LogP contribution in [0.1, 0.15) is 70.1 Å². The Morgan fingerprint density at radius 2 is 1.85 bits per heavy atom. The van der Waals surface area contributed by atoms with Crippen molar-refractivity contribution in [3.8, 4) is 11.3 Å². The average molecular weight is 547 g/mol. The zero-order chi connectivity index (χ0) is 28.2. The third-order valence-corrected chi connectivity index (χ3v) is 8.82. The number of hydrogen-bond donors (Lipinski definition) is 2. The van der Waals surface area contributed by atoms with Gasteiger partial charge in [0.05, 0.1) is 12.7 Å². The van der Waals surface area contributed by atoms with Gasteiger partial charge in [-0.3, -0.25) is 19.0 Å². The normalized spacial score (nSPS) is 21.4. The number of nitrogens with one attached hydrogen (secondary N) is 1. The number of imidazole rings is 1. The van der Waals surface area contributed by atoms with Gasteiger partial charge in [-0.05, 0) is 68.9 Å². The standard InChI is InChI=1S/C32H30N6O3/c1-20-8-13-34-23(17-20)18-24(39)21-4-6-22(7-5-21)26-27-28(33)35-14-15-38(27)30(36-26)31-9-11-32(19-31,12-10-31)37-29(40)25-3-2-16-41-25/h2-8,13-17H,9-12,18-19H2,1H3,(H2,33,35)(H,37,40). The molecule has 2 aliphatic rings. The zero-order valence-electron chi connectivity index (χ0n) is 22.8. The molecule has 0 unspecified atom stereocenters. The molecule has 0 radical (unpaired) electrons. The molecule has 3 N–H and O–H groups in total. The molecule has 0 saturated heterocycles. The van der Waals surface area contributed by atoms with Crippen LogP contribution in [0.3, 0.4) is 0 Å². The maximum Gasteiger partial charge on any atom is 0.287 e. The van der Waals surface area contributed by atoms with E-state index in [0.717, 1.165) is 66.0 Å². The Balaban J connectivity index is 1.19. The number of benzene rings is 1. The minimum Gasteiger partial charge on any atom is -0.459 e. The third-order valence-electron chi connectivity index (χ3n) is 8.82. The van der Waals surface area contributed by atoms with E-state index in [-0.39, 0.29) is 29.1 Å². The number of fused-ring (bicyclic) bond motifs is 3. The number of nitrogens with two attached hydrogens (primary N) is 1. The van der Waals surface area contributed by atoms with Crippen molar-refractivity contribution in [1.29, 1.82) is 0 Å². The first-order valence-corrected chi connectivity index (χ1v) is 13.9. The van der Waals surface area contributed by atoms with Crippen molar-refractivity contribution >= 4 is 23.0 Å². The molecule has 0 atom stereocenters. The number of aromatic nitrogens is 4. The number of carbonyl (C=O) groups excluding carboxylic acids is 2. The van der Waals surface area contributed by atoms with Crippen LogP contribution in [0.4, 0.5) is 5.82 Å². The lowest BCUT2D eigenvalue weighted by Crippen LogP contribution is -2.44. The summed E-state index contributed by atoms with van der Waals surface area (Å²) in [7, 11) is 0. The first-order valence-electron chi connectivity index (χ1n) is 13.9. The molecule has 5 aromatic rings. The fraction of sp³-hybridized carbons (Fsp3) is 0.281. The molecular formula is C32H30N6O3. The van der Waals surface area contributed by atoms with Crippen molar-refractivity contribution in [3.63, 3.8) is 0 Å². The molecule has 2 bridgehead atoms. The van der Waals surface area contributed by atoms with E-state index < -0.39 is 0 Å². The molecular weight excluding hydrogens is 516 g/mol. The van der Waals surface area contributed by atoms with E-state index >= 15 is 0 Å². The van der Waals surface area contributed by atoms with Gasteiger partial charge >= 0.3 is 0 Å². The van der Waals surface area contributed by atoms with E-state index in [0.29, 0.717) is 17.1 Å². The second-order valence-corrected chi connectivity index (χ2v) is 11.5. The molecule has 2 fully saturated rings. The van der Waals surface area contributed by atoms with Gasteiger partial charge in [-0.2, -0.15) is 0 Å². The number of nitrogen functional groups attached to an aromatic ring is 1. The summed E-state index contributed by atoms with van der Waals surface area (Å²) >= 11 is 0. The van der Waals surface area contributed by atoms with Crippen molar-refractivity contribution in [1.82, 2.24) is 24.7 Å². The van der Waals surface area contributed by atoms with Crippen LogP contribution in [0.2, 0.25) is 0 Å². The molecule has 206 valence electrons. The number of ketones is 1. The molecule has 2 aliphatic carbocycles. The molecule has 7 rings (SSSR count). The first-order chi connectivity index (χ1) is 19.8. The van der Waals surface area contributed by atoms with Crippen molar-refractivity contribution in [2.45, 2.75) is 56.4 Å². The quantitative estimate of drug-likeness (QED) is 0.272. The van der Waals surface area contributed by atoms with Gasteiger partial charge in [-0.15, -0.1) is 0 Å². The van der Waals surface area contributed by atoms with E-state index in [4.69, 9.17) is 15.1 Å². The number of carbonyl (C=O) groups is 2. The minimum atomic E-state index is -0.289. The summed E-state index contributed by atoms with van der Waals surface area (Å²) in [6.07, 6.45) is 11.5. The molecule has 0 aliphatic heterocycles. The maximum absolute atomic E-state index is 13.0. The van der Waals surface area contributed by atoms with Crippen molar-refractivity contribution < 1.29 is 14.0 Å². The van der Waals surface area contributed by atoms with Crippen LogP contribution in [0, 0.1) is 6.92 Å². The number of amides is 1. The lowest BCUT2D eigenvalue weighted by atomic mass is 9.83. The molecule has 1 amide bonds. The predicted molar refractivity (Wildman–Crippen MR) is 154 cm³/mol. The Morgan fingerprint density at radius 3 is 2.59 bits per heavy atom. The van der Waals surface area contributed by atoms with Gasteiger partial charge in [0.25, 0.3) is 5.91 Å². The van der Waals surface area contributed by atoms with Crippen LogP contribution < -0.4 is 11.1 Å². The van der Waals surface area contributed by atoms with Gasteiger partial charge < -0.3 is 15.5 Å². The van der Waals surface area contributed by atoms with Crippen molar-refractivity contribution in [2.75, 3.05) is 5.73 Å². The maximum atomic E-state index is 13.0. The Morgan fingerprint density at radius 1 is 1.05 bits per heavy atom. The van der Waals surface area contributed by atoms with Crippen molar-refractivity contribution in [3.05, 3.63) is 102 Å². The highest BCUT2D eigenvalue weighted by Crippen LogP contribution is 2.57. The van der Waals surface area contributed by atoms with E-state index in [1.54, 1.807) is 24.5 Å². The van der Waals surface area contributed by atoms with Crippen LogP contribution >= 0.6 is 0 Å². The monoisotopic (exact) mass is 546 g/mol. The van der Waals surface area contributed by atoms with E-state index in [2.05, 4.69) is 19.7 Å². The molecule has 9 heteroatoms. The summed E-state index contributed by atoms with van der Waals surface area (Å²) < 4.78 is 7.39. The summed E-state index contributed by atoms with van der Waals surface area (Å²) in [5.41, 5.74) is 10.8. The van der Waals surface area contributed by atoms with Crippen molar-refractivity contribution in [2.24, 2.45) is 0 Å². The Hall–Kier alpha value is -4.79. The summed E-state index contributed by atoms with van der Waals surface area (Å²) in [6, 6.07) is 14.8. The second kappa shape index (κ2) is 9.40. The summed E-state index contributed by atoms with van der Waals surface area (Å²) in [5, 5.41) is 3.27. The number of nitrogens with zero attached hydrogens (tertiary/aromatic N) is 4. The van der Waals surface area contributed by atoms with Crippen LogP contribution in [0.25, 0.3) is 16.8 Å². The van der Waals surface area contributed by atoms with Gasteiger partial charge in [-0.1, -0.05) is 24.3 Å². The van der Waals surface area contributed by atoms with Gasteiger partial charge in [0.1, 0.15) is 22.9 Å². The van der Waals surface area contributed by atoms with Gasteiger partial charge in [0.15, 0.2) is 11.5 Å². The summed E-state index contributed by atoms with van der Waals surface area (Å²) in [5.74, 6) is 1.50. The smallest absolute Gasteiger partial charge is 0.287 e. The van der Waals surface area contributed by atoms with E-state index in [1.807, 2.05) is 49.5 Å². The van der Waals surface area contributed by atoms with E-state index in [1.165, 1.54) is 6.26 Å². The SMILES string of the molecule is Cc1ccnc(CC(=O)c2ccc(-c3nc(C45CCC(NC(=O)c6ccco6)(CC4)C5)n4ccnc(N)c34)cc2)c1. The minimum absolute atomic E-state index is 0.00922. The topological polar surface area (TPSA) is 128 Å². The number of aryl methyl sites for hydroxylation is 1. The molecule has 41 heavy (non-hydrogen) atoms. The predicted octanol–water partition coefficient (Wildman–Crippen LogP) is 5.08. The number of furan rings is 1. The lowest BCUT2D eigenvalue weighted by molar-refractivity contribution is 0.0872. The fourth-order valence-electron chi connectivity index (χ4n) is 6.81. The van der Waals surface area contributed by atoms with Crippen LogP contribution in [-0.2, 0) is 11.8 Å². The van der Waals surface area contributed by atoms with Crippen LogP contribution in [0.5, 0.6) is 0 Å². The highest BCUT2D eigenvalue weighted by atomic mass is 16.3. The molecule has 9 nitrogen and oxygen atoms in total. The third kappa shape index (κ3) is 4.28. The molecule has 2 saturated carbocycles. The highest BCUT2D eigenvalue weighted by Gasteiger charge is 2.57. The average Bonchev–Trinajstić information content (AvgIpc) is 3.76. The molecule has 4 aromatic heterocycles. The summed E-state index contributed by atoms with van der Waals surface area (Å²) in [6.45, 7) is 1.99.